The number of fused-ring (bicyclic) bond motifs is 1. The van der Waals surface area contributed by atoms with Gasteiger partial charge in [0.15, 0.2) is 0 Å². The van der Waals surface area contributed by atoms with Crippen molar-refractivity contribution >= 4 is 16.9 Å². The molecule has 22 heavy (non-hydrogen) atoms. The molecule has 0 aliphatic carbocycles. The smallest absolute Gasteiger partial charge is 0.336 e. The number of phenols is 1. The summed E-state index contributed by atoms with van der Waals surface area (Å²) in [6, 6.07) is 6.25. The molecule has 0 atom stereocenters. The summed E-state index contributed by atoms with van der Waals surface area (Å²) in [5.41, 5.74) is 6.16. The molecule has 0 saturated carbocycles. The van der Waals surface area contributed by atoms with Crippen molar-refractivity contribution in [1.29, 1.82) is 0 Å². The fraction of sp³-hybridized carbons (Fsp3) is 0.375. The molecule has 0 unspecified atom stereocenters. The van der Waals surface area contributed by atoms with E-state index in [1.807, 2.05) is 0 Å². The van der Waals surface area contributed by atoms with E-state index in [0.29, 0.717) is 12.1 Å². The first-order valence-electron chi connectivity index (χ1n) is 7.30. The minimum Gasteiger partial charge on any atom is -0.508 e. The fourth-order valence-electron chi connectivity index (χ4n) is 2.97. The maximum absolute atomic E-state index is 11.7. The standard InChI is InChI=1S/C16H18N2O4/c17-16(21)10-3-5-18(6-4-10)9-11-7-15(20)22-14-8-12(19)1-2-13(11)14/h1-2,7-8,10,19H,3-6,9H2,(H2,17,21). The Kier molecular flexibility index (Phi) is 3.85. The van der Waals surface area contributed by atoms with E-state index in [1.54, 1.807) is 12.1 Å². The lowest BCUT2D eigenvalue weighted by atomic mass is 9.96. The molecule has 3 N–H and O–H groups in total. The third-order valence-electron chi connectivity index (χ3n) is 4.20. The molecule has 1 amide bonds. The van der Waals surface area contributed by atoms with Gasteiger partial charge in [0.2, 0.25) is 5.91 Å². The third-order valence-corrected chi connectivity index (χ3v) is 4.20. The summed E-state index contributed by atoms with van der Waals surface area (Å²) in [5, 5.41) is 10.3. The molecule has 1 aromatic heterocycles. The second-order valence-electron chi connectivity index (χ2n) is 5.72. The summed E-state index contributed by atoms with van der Waals surface area (Å²) in [5.74, 6) is -0.221. The van der Waals surface area contributed by atoms with E-state index in [2.05, 4.69) is 4.90 Å². The van der Waals surface area contributed by atoms with Crippen LogP contribution in [-0.2, 0) is 11.3 Å². The molecule has 1 saturated heterocycles. The molecule has 1 aliphatic heterocycles. The molecule has 0 spiro atoms. The van der Waals surface area contributed by atoms with Gasteiger partial charge in [0.25, 0.3) is 0 Å². The highest BCUT2D eigenvalue weighted by molar-refractivity contribution is 5.81. The number of hydrogen-bond acceptors (Lipinski definition) is 5. The molecule has 6 nitrogen and oxygen atoms in total. The van der Waals surface area contributed by atoms with E-state index in [9.17, 15) is 14.7 Å². The van der Waals surface area contributed by atoms with Gasteiger partial charge in [-0.3, -0.25) is 9.69 Å². The van der Waals surface area contributed by atoms with Gasteiger partial charge in [0.1, 0.15) is 11.3 Å². The van der Waals surface area contributed by atoms with E-state index < -0.39 is 5.63 Å². The average molecular weight is 302 g/mol. The summed E-state index contributed by atoms with van der Waals surface area (Å²) >= 11 is 0. The van der Waals surface area contributed by atoms with Crippen LogP contribution in [0.5, 0.6) is 5.75 Å². The number of piperidine rings is 1. The number of likely N-dealkylation sites (tertiary alicyclic amines) is 1. The van der Waals surface area contributed by atoms with Gasteiger partial charge >= 0.3 is 5.63 Å². The van der Waals surface area contributed by atoms with Crippen LogP contribution in [0.1, 0.15) is 18.4 Å². The Labute approximate surface area is 127 Å². The number of primary amides is 1. The van der Waals surface area contributed by atoms with E-state index >= 15 is 0 Å². The molecule has 1 aromatic carbocycles. The summed E-state index contributed by atoms with van der Waals surface area (Å²) in [6.45, 7) is 2.15. The van der Waals surface area contributed by atoms with E-state index in [0.717, 1.165) is 36.9 Å². The van der Waals surface area contributed by atoms with Gasteiger partial charge < -0.3 is 15.3 Å². The lowest BCUT2D eigenvalue weighted by molar-refractivity contribution is -0.123. The summed E-state index contributed by atoms with van der Waals surface area (Å²) < 4.78 is 5.13. The molecule has 3 rings (SSSR count). The molecule has 0 radical (unpaired) electrons. The molecule has 1 aliphatic rings. The van der Waals surface area contributed by atoms with Crippen LogP contribution in [0.2, 0.25) is 0 Å². The van der Waals surface area contributed by atoms with Gasteiger partial charge in [-0.25, -0.2) is 4.79 Å². The SMILES string of the molecule is NC(=O)C1CCN(Cc2cc(=O)oc3cc(O)ccc23)CC1. The number of benzene rings is 1. The third kappa shape index (κ3) is 2.96. The van der Waals surface area contributed by atoms with Crippen LogP contribution < -0.4 is 11.4 Å². The van der Waals surface area contributed by atoms with Gasteiger partial charge in [-0.1, -0.05) is 0 Å². The lowest BCUT2D eigenvalue weighted by Crippen LogP contribution is -2.38. The number of carbonyl (C=O) groups is 1. The monoisotopic (exact) mass is 302 g/mol. The fourth-order valence-corrected chi connectivity index (χ4v) is 2.97. The maximum atomic E-state index is 11.7. The molecular weight excluding hydrogens is 284 g/mol. The minimum absolute atomic E-state index is 0.0502. The Morgan fingerprint density at radius 2 is 2.05 bits per heavy atom. The number of aromatic hydroxyl groups is 1. The van der Waals surface area contributed by atoms with E-state index in [-0.39, 0.29) is 17.6 Å². The largest absolute Gasteiger partial charge is 0.508 e. The van der Waals surface area contributed by atoms with Crippen LogP contribution in [0.25, 0.3) is 11.0 Å². The molecule has 0 bridgehead atoms. The zero-order valence-corrected chi connectivity index (χ0v) is 12.1. The van der Waals surface area contributed by atoms with Gasteiger partial charge in [0, 0.05) is 30.0 Å². The van der Waals surface area contributed by atoms with Crippen LogP contribution in [0.4, 0.5) is 0 Å². The van der Waals surface area contributed by atoms with Gasteiger partial charge in [-0.2, -0.15) is 0 Å². The summed E-state index contributed by atoms with van der Waals surface area (Å²) in [4.78, 5) is 25.1. The normalized spacial score (nSPS) is 16.9. The van der Waals surface area contributed by atoms with Gasteiger partial charge in [-0.05, 0) is 43.6 Å². The number of hydrogen-bond donors (Lipinski definition) is 2. The maximum Gasteiger partial charge on any atom is 0.336 e. The topological polar surface area (TPSA) is 96.8 Å². The van der Waals surface area contributed by atoms with Crippen LogP contribution in [-0.4, -0.2) is 29.0 Å². The molecule has 6 heteroatoms. The van der Waals surface area contributed by atoms with Crippen LogP contribution in [0, 0.1) is 5.92 Å². The van der Waals surface area contributed by atoms with E-state index in [1.165, 1.54) is 12.1 Å². The summed E-state index contributed by atoms with van der Waals surface area (Å²) in [7, 11) is 0. The highest BCUT2D eigenvalue weighted by atomic mass is 16.4. The quantitative estimate of drug-likeness (QED) is 0.830. The Morgan fingerprint density at radius 3 is 2.73 bits per heavy atom. The predicted molar refractivity (Wildman–Crippen MR) is 81.3 cm³/mol. The number of nitrogens with zero attached hydrogens (tertiary/aromatic N) is 1. The lowest BCUT2D eigenvalue weighted by Gasteiger charge is -2.30. The predicted octanol–water partition coefficient (Wildman–Crippen LogP) is 1.20. The molecule has 2 heterocycles. The molecular formula is C16H18N2O4. The molecule has 116 valence electrons. The van der Waals surface area contributed by atoms with Crippen molar-refractivity contribution in [3.63, 3.8) is 0 Å². The van der Waals surface area contributed by atoms with Crippen LogP contribution in [0.3, 0.4) is 0 Å². The molecule has 2 aromatic rings. The van der Waals surface area contributed by atoms with Crippen LogP contribution in [0.15, 0.2) is 33.5 Å². The van der Waals surface area contributed by atoms with Crippen LogP contribution >= 0.6 is 0 Å². The van der Waals surface area contributed by atoms with Gasteiger partial charge in [-0.15, -0.1) is 0 Å². The first-order chi connectivity index (χ1) is 10.5. The zero-order chi connectivity index (χ0) is 15.7. The van der Waals surface area contributed by atoms with Crippen molar-refractivity contribution in [3.8, 4) is 5.75 Å². The van der Waals surface area contributed by atoms with Gasteiger partial charge in [0.05, 0.1) is 0 Å². The second-order valence-corrected chi connectivity index (χ2v) is 5.72. The van der Waals surface area contributed by atoms with Crippen molar-refractivity contribution < 1.29 is 14.3 Å². The second kappa shape index (κ2) is 5.81. The Bertz CT molecular complexity index is 760. The number of phenolic OH excluding ortho intramolecular Hbond substituents is 1. The number of amides is 1. The van der Waals surface area contributed by atoms with Crippen molar-refractivity contribution in [1.82, 2.24) is 4.90 Å². The molecule has 1 fully saturated rings. The summed E-state index contributed by atoms with van der Waals surface area (Å²) in [6.07, 6.45) is 1.49. The Morgan fingerprint density at radius 1 is 1.32 bits per heavy atom. The van der Waals surface area contributed by atoms with Crippen molar-refractivity contribution in [2.75, 3.05) is 13.1 Å². The first-order valence-corrected chi connectivity index (χ1v) is 7.30. The zero-order valence-electron chi connectivity index (χ0n) is 12.1. The Balaban J connectivity index is 1.82. The van der Waals surface area contributed by atoms with Crippen molar-refractivity contribution in [2.45, 2.75) is 19.4 Å². The van der Waals surface area contributed by atoms with E-state index in [4.69, 9.17) is 10.2 Å². The number of nitrogens with two attached hydrogens (primary N) is 1. The highest BCUT2D eigenvalue weighted by Crippen LogP contribution is 2.24. The number of carbonyl (C=O) groups excluding carboxylic acids is 1. The number of rotatable bonds is 3. The highest BCUT2D eigenvalue weighted by Gasteiger charge is 2.23. The average Bonchev–Trinajstić information content (AvgIpc) is 2.47. The van der Waals surface area contributed by atoms with Crippen molar-refractivity contribution in [3.05, 3.63) is 40.2 Å². The Hall–Kier alpha value is -2.34. The van der Waals surface area contributed by atoms with Crippen molar-refractivity contribution in [2.24, 2.45) is 11.7 Å². The minimum atomic E-state index is -0.430. The first kappa shape index (κ1) is 14.6.